The van der Waals surface area contributed by atoms with Crippen LogP contribution >= 0.6 is 0 Å². The zero-order valence-corrected chi connectivity index (χ0v) is 8.54. The Morgan fingerprint density at radius 1 is 1.36 bits per heavy atom. The highest BCUT2D eigenvalue weighted by atomic mass is 16.4. The van der Waals surface area contributed by atoms with Crippen molar-refractivity contribution in [3.63, 3.8) is 0 Å². The standard InChI is InChI=1S/C11H19NO2/c1-3-5-10(6-4-2)9-12-8-7-11(13)14/h3-4,10,12H,1-2,5-9H2,(H,13,14). The van der Waals surface area contributed by atoms with E-state index >= 15 is 0 Å². The van der Waals surface area contributed by atoms with Gasteiger partial charge in [0.2, 0.25) is 0 Å². The smallest absolute Gasteiger partial charge is 0.304 e. The van der Waals surface area contributed by atoms with Crippen molar-refractivity contribution in [3.05, 3.63) is 25.3 Å². The van der Waals surface area contributed by atoms with E-state index in [1.165, 1.54) is 0 Å². The summed E-state index contributed by atoms with van der Waals surface area (Å²) in [7, 11) is 0. The summed E-state index contributed by atoms with van der Waals surface area (Å²) in [6.07, 6.45) is 5.81. The van der Waals surface area contributed by atoms with E-state index in [0.29, 0.717) is 12.5 Å². The summed E-state index contributed by atoms with van der Waals surface area (Å²) in [6.45, 7) is 8.72. The Morgan fingerprint density at radius 2 is 1.93 bits per heavy atom. The Bertz CT molecular complexity index is 180. The van der Waals surface area contributed by atoms with Gasteiger partial charge in [0.05, 0.1) is 6.42 Å². The SMILES string of the molecule is C=CCC(CC=C)CNCCC(=O)O. The number of carboxylic acids is 1. The average molecular weight is 197 g/mol. The molecule has 0 atom stereocenters. The first kappa shape index (κ1) is 12.9. The van der Waals surface area contributed by atoms with Crippen molar-refractivity contribution in [2.24, 2.45) is 5.92 Å². The molecule has 0 saturated heterocycles. The molecule has 0 aliphatic rings. The minimum absolute atomic E-state index is 0.175. The second-order valence-electron chi connectivity index (χ2n) is 3.26. The van der Waals surface area contributed by atoms with E-state index in [1.54, 1.807) is 0 Å². The quantitative estimate of drug-likeness (QED) is 0.438. The largest absolute Gasteiger partial charge is 0.481 e. The Hall–Kier alpha value is -1.09. The second-order valence-corrected chi connectivity index (χ2v) is 3.26. The zero-order chi connectivity index (χ0) is 10.8. The number of nitrogens with one attached hydrogen (secondary N) is 1. The van der Waals surface area contributed by atoms with Crippen LogP contribution in [-0.4, -0.2) is 24.2 Å². The van der Waals surface area contributed by atoms with Crippen LogP contribution in [0.2, 0.25) is 0 Å². The predicted octanol–water partition coefficient (Wildman–Crippen LogP) is 1.82. The molecule has 14 heavy (non-hydrogen) atoms. The van der Waals surface area contributed by atoms with Crippen molar-refractivity contribution < 1.29 is 9.90 Å². The molecule has 0 aliphatic heterocycles. The van der Waals surface area contributed by atoms with Gasteiger partial charge in [-0.2, -0.15) is 0 Å². The molecule has 0 aliphatic carbocycles. The Labute approximate surface area is 85.5 Å². The maximum Gasteiger partial charge on any atom is 0.304 e. The molecule has 2 N–H and O–H groups in total. The highest BCUT2D eigenvalue weighted by molar-refractivity contribution is 5.66. The van der Waals surface area contributed by atoms with Gasteiger partial charge in [-0.1, -0.05) is 12.2 Å². The number of allylic oxidation sites excluding steroid dienone is 2. The van der Waals surface area contributed by atoms with Crippen LogP contribution in [0.25, 0.3) is 0 Å². The molecule has 0 unspecified atom stereocenters. The summed E-state index contributed by atoms with van der Waals surface area (Å²) < 4.78 is 0. The lowest BCUT2D eigenvalue weighted by Gasteiger charge is -2.13. The molecule has 0 heterocycles. The molecular formula is C11H19NO2. The number of hydrogen-bond donors (Lipinski definition) is 2. The number of hydrogen-bond acceptors (Lipinski definition) is 2. The van der Waals surface area contributed by atoms with Gasteiger partial charge in [0.15, 0.2) is 0 Å². The van der Waals surface area contributed by atoms with E-state index < -0.39 is 5.97 Å². The molecule has 0 radical (unpaired) electrons. The van der Waals surface area contributed by atoms with Crippen LogP contribution in [0.4, 0.5) is 0 Å². The lowest BCUT2D eigenvalue weighted by Crippen LogP contribution is -2.24. The number of carboxylic acid groups (broad SMARTS) is 1. The van der Waals surface area contributed by atoms with Crippen LogP contribution < -0.4 is 5.32 Å². The van der Waals surface area contributed by atoms with E-state index in [4.69, 9.17) is 5.11 Å². The van der Waals surface area contributed by atoms with Gasteiger partial charge < -0.3 is 10.4 Å². The van der Waals surface area contributed by atoms with E-state index in [9.17, 15) is 4.79 Å². The topological polar surface area (TPSA) is 49.3 Å². The third-order valence-electron chi connectivity index (χ3n) is 1.95. The van der Waals surface area contributed by atoms with Gasteiger partial charge in [0.25, 0.3) is 0 Å². The molecule has 80 valence electrons. The second kappa shape index (κ2) is 8.51. The fraction of sp³-hybridized carbons (Fsp3) is 0.545. The van der Waals surface area contributed by atoms with Crippen LogP contribution in [0.3, 0.4) is 0 Å². The highest BCUT2D eigenvalue weighted by Gasteiger charge is 2.04. The molecule has 0 spiro atoms. The van der Waals surface area contributed by atoms with Gasteiger partial charge in [-0.15, -0.1) is 13.2 Å². The molecule has 0 bridgehead atoms. The lowest BCUT2D eigenvalue weighted by molar-refractivity contribution is -0.136. The van der Waals surface area contributed by atoms with Crippen LogP contribution in [0, 0.1) is 5.92 Å². The predicted molar refractivity (Wildman–Crippen MR) is 58.2 cm³/mol. The van der Waals surface area contributed by atoms with Crippen LogP contribution in [-0.2, 0) is 4.79 Å². The maximum atomic E-state index is 10.2. The van der Waals surface area contributed by atoms with E-state index in [-0.39, 0.29) is 6.42 Å². The van der Waals surface area contributed by atoms with Gasteiger partial charge in [-0.3, -0.25) is 4.79 Å². The van der Waals surface area contributed by atoms with Crippen molar-refractivity contribution in [2.75, 3.05) is 13.1 Å². The summed E-state index contributed by atoms with van der Waals surface area (Å²) in [4.78, 5) is 10.2. The summed E-state index contributed by atoms with van der Waals surface area (Å²) >= 11 is 0. The lowest BCUT2D eigenvalue weighted by atomic mass is 10.0. The third-order valence-corrected chi connectivity index (χ3v) is 1.95. The summed E-state index contributed by atoms with van der Waals surface area (Å²) in [5, 5.41) is 11.5. The van der Waals surface area contributed by atoms with Gasteiger partial charge in [0, 0.05) is 6.54 Å². The monoisotopic (exact) mass is 197 g/mol. The highest BCUT2D eigenvalue weighted by Crippen LogP contribution is 2.07. The number of carbonyl (C=O) groups is 1. The molecular weight excluding hydrogens is 178 g/mol. The van der Waals surface area contributed by atoms with Crippen LogP contribution in [0.1, 0.15) is 19.3 Å². The summed E-state index contributed by atoms with van der Waals surface area (Å²) in [5.74, 6) is -0.278. The van der Waals surface area contributed by atoms with Crippen molar-refractivity contribution in [3.8, 4) is 0 Å². The van der Waals surface area contributed by atoms with E-state index in [1.807, 2.05) is 12.2 Å². The van der Waals surface area contributed by atoms with Crippen molar-refractivity contribution >= 4 is 5.97 Å². The molecule has 3 nitrogen and oxygen atoms in total. The average Bonchev–Trinajstić information content (AvgIpc) is 2.12. The number of rotatable bonds is 9. The van der Waals surface area contributed by atoms with Gasteiger partial charge in [-0.25, -0.2) is 0 Å². The van der Waals surface area contributed by atoms with Crippen molar-refractivity contribution in [2.45, 2.75) is 19.3 Å². The molecule has 0 fully saturated rings. The Kier molecular flexibility index (Phi) is 7.84. The Balaban J connectivity index is 3.53. The minimum atomic E-state index is -0.763. The first-order valence-corrected chi connectivity index (χ1v) is 4.85. The maximum absolute atomic E-state index is 10.2. The zero-order valence-electron chi connectivity index (χ0n) is 8.54. The first-order valence-electron chi connectivity index (χ1n) is 4.85. The molecule has 0 aromatic rings. The fourth-order valence-electron chi connectivity index (χ4n) is 1.24. The van der Waals surface area contributed by atoms with E-state index in [2.05, 4.69) is 18.5 Å². The normalized spacial score (nSPS) is 10.1. The Morgan fingerprint density at radius 3 is 2.36 bits per heavy atom. The molecule has 0 aromatic heterocycles. The van der Waals surface area contributed by atoms with Gasteiger partial charge in [0.1, 0.15) is 0 Å². The molecule has 3 heteroatoms. The molecule has 0 aromatic carbocycles. The van der Waals surface area contributed by atoms with E-state index in [0.717, 1.165) is 19.4 Å². The van der Waals surface area contributed by atoms with Gasteiger partial charge >= 0.3 is 5.97 Å². The molecule has 0 amide bonds. The van der Waals surface area contributed by atoms with Crippen molar-refractivity contribution in [1.29, 1.82) is 0 Å². The summed E-state index contributed by atoms with van der Waals surface area (Å²) in [6, 6.07) is 0. The molecule has 0 rings (SSSR count). The van der Waals surface area contributed by atoms with Gasteiger partial charge in [-0.05, 0) is 25.3 Å². The minimum Gasteiger partial charge on any atom is -0.481 e. The third kappa shape index (κ3) is 7.55. The fourth-order valence-corrected chi connectivity index (χ4v) is 1.24. The number of aliphatic carboxylic acids is 1. The van der Waals surface area contributed by atoms with Crippen LogP contribution in [0.15, 0.2) is 25.3 Å². The van der Waals surface area contributed by atoms with Crippen LogP contribution in [0.5, 0.6) is 0 Å². The van der Waals surface area contributed by atoms with Crippen molar-refractivity contribution in [1.82, 2.24) is 5.32 Å². The first-order chi connectivity index (χ1) is 6.70. The summed E-state index contributed by atoms with van der Waals surface area (Å²) in [5.41, 5.74) is 0. The molecule has 0 saturated carbocycles.